The van der Waals surface area contributed by atoms with E-state index in [1.807, 2.05) is 12.1 Å². The Kier molecular flexibility index (Phi) is 5.92. The van der Waals surface area contributed by atoms with Crippen molar-refractivity contribution in [2.45, 2.75) is 32.5 Å². The van der Waals surface area contributed by atoms with Crippen molar-refractivity contribution < 1.29 is 19.1 Å². The summed E-state index contributed by atoms with van der Waals surface area (Å²) in [5.74, 6) is -0.751. The maximum atomic E-state index is 12.0. The first-order valence-corrected chi connectivity index (χ1v) is 7.58. The molecule has 23 heavy (non-hydrogen) atoms. The summed E-state index contributed by atoms with van der Waals surface area (Å²) in [7, 11) is 0. The van der Waals surface area contributed by atoms with Gasteiger partial charge in [0.1, 0.15) is 12.2 Å². The van der Waals surface area contributed by atoms with E-state index < -0.39 is 0 Å². The second-order valence-electron chi connectivity index (χ2n) is 5.40. The maximum Gasteiger partial charge on any atom is 0.338 e. The van der Waals surface area contributed by atoms with E-state index >= 15 is 0 Å². The van der Waals surface area contributed by atoms with Gasteiger partial charge in [-0.2, -0.15) is 0 Å². The molecule has 0 amide bonds. The molecule has 2 unspecified atom stereocenters. The highest BCUT2D eigenvalue weighted by atomic mass is 16.6. The van der Waals surface area contributed by atoms with E-state index in [2.05, 4.69) is 0 Å². The average molecular weight is 312 g/mol. The third-order valence-electron chi connectivity index (χ3n) is 3.30. The summed E-state index contributed by atoms with van der Waals surface area (Å²) < 4.78 is 10.7. The van der Waals surface area contributed by atoms with Crippen LogP contribution in [0.2, 0.25) is 0 Å². The van der Waals surface area contributed by atoms with Crippen molar-refractivity contribution in [1.29, 1.82) is 0 Å². The first-order chi connectivity index (χ1) is 11.1. The molecule has 2 rings (SSSR count). The molecule has 4 heteroatoms. The number of hydrogen-bond acceptors (Lipinski definition) is 4. The minimum absolute atomic E-state index is 0.346. The molecule has 0 heterocycles. The number of carbonyl (C=O) groups is 2. The first-order valence-electron chi connectivity index (χ1n) is 7.58. The third-order valence-corrected chi connectivity index (χ3v) is 3.30. The van der Waals surface area contributed by atoms with Crippen LogP contribution >= 0.6 is 0 Å². The van der Waals surface area contributed by atoms with Gasteiger partial charge in [0.05, 0.1) is 11.1 Å². The normalized spacial score (nSPS) is 13.0. The van der Waals surface area contributed by atoms with Crippen molar-refractivity contribution in [3.63, 3.8) is 0 Å². The molecule has 0 aliphatic heterocycles. The van der Waals surface area contributed by atoms with Crippen LogP contribution in [0.4, 0.5) is 0 Å². The van der Waals surface area contributed by atoms with Gasteiger partial charge >= 0.3 is 11.9 Å². The molecule has 2 aromatic rings. The lowest BCUT2D eigenvalue weighted by molar-refractivity contribution is 0.00764. The Bertz CT molecular complexity index is 579. The second-order valence-corrected chi connectivity index (χ2v) is 5.40. The summed E-state index contributed by atoms with van der Waals surface area (Å²) in [6.07, 6.45) is -0.250. The molecule has 4 nitrogen and oxygen atoms in total. The van der Waals surface area contributed by atoms with E-state index in [1.54, 1.807) is 62.4 Å². The van der Waals surface area contributed by atoms with Crippen molar-refractivity contribution in [2.75, 3.05) is 0 Å². The highest BCUT2D eigenvalue weighted by molar-refractivity contribution is 5.90. The minimum atomic E-state index is -0.375. The maximum absolute atomic E-state index is 12.0. The molecule has 2 aromatic carbocycles. The number of rotatable bonds is 6. The standard InChI is InChI=1S/C19H20O4/c1-14(22-18(20)16-9-5-3-6-10-16)13-15(2)23-19(21)17-11-7-4-8-12-17/h3-12,14-15H,13H2,1-2H3. The first kappa shape index (κ1) is 16.7. The van der Waals surface area contributed by atoms with Crippen molar-refractivity contribution in [1.82, 2.24) is 0 Å². The van der Waals surface area contributed by atoms with Crippen LogP contribution < -0.4 is 0 Å². The second kappa shape index (κ2) is 8.13. The fourth-order valence-electron chi connectivity index (χ4n) is 2.21. The summed E-state index contributed by atoms with van der Waals surface area (Å²) in [4.78, 5) is 23.9. The van der Waals surface area contributed by atoms with Crippen LogP contribution in [0.25, 0.3) is 0 Å². The summed E-state index contributed by atoms with van der Waals surface area (Å²) in [5.41, 5.74) is 1.02. The Balaban J connectivity index is 1.82. The fraction of sp³-hybridized carbons (Fsp3) is 0.263. The lowest BCUT2D eigenvalue weighted by Gasteiger charge is -2.18. The van der Waals surface area contributed by atoms with Gasteiger partial charge in [-0.1, -0.05) is 36.4 Å². The van der Waals surface area contributed by atoms with Crippen LogP contribution in [0.15, 0.2) is 60.7 Å². The lowest BCUT2D eigenvalue weighted by Crippen LogP contribution is -2.23. The molecule has 0 saturated carbocycles. The van der Waals surface area contributed by atoms with Crippen LogP contribution in [0, 0.1) is 0 Å². The molecule has 0 aliphatic carbocycles. The topological polar surface area (TPSA) is 52.6 Å². The summed E-state index contributed by atoms with van der Waals surface area (Å²) in [6.45, 7) is 3.57. The Morgan fingerprint density at radius 2 is 1.09 bits per heavy atom. The number of ether oxygens (including phenoxy) is 2. The number of esters is 2. The van der Waals surface area contributed by atoms with Crippen LogP contribution in [-0.2, 0) is 9.47 Å². The van der Waals surface area contributed by atoms with E-state index in [9.17, 15) is 9.59 Å². The number of hydrogen-bond donors (Lipinski definition) is 0. The zero-order chi connectivity index (χ0) is 16.7. The SMILES string of the molecule is CC(CC(C)OC(=O)c1ccccc1)OC(=O)c1ccccc1. The van der Waals surface area contributed by atoms with Gasteiger partial charge in [-0.05, 0) is 38.1 Å². The zero-order valence-electron chi connectivity index (χ0n) is 13.3. The Hall–Kier alpha value is -2.62. The van der Waals surface area contributed by atoms with Gasteiger partial charge in [0, 0.05) is 6.42 Å². The minimum Gasteiger partial charge on any atom is -0.459 e. The van der Waals surface area contributed by atoms with Gasteiger partial charge in [0.2, 0.25) is 0 Å². The monoisotopic (exact) mass is 312 g/mol. The Morgan fingerprint density at radius 1 is 0.739 bits per heavy atom. The zero-order valence-corrected chi connectivity index (χ0v) is 13.3. The van der Waals surface area contributed by atoms with Crippen molar-refractivity contribution >= 4 is 11.9 Å². The molecule has 120 valence electrons. The van der Waals surface area contributed by atoms with Gasteiger partial charge < -0.3 is 9.47 Å². The molecular formula is C19H20O4. The number of benzene rings is 2. The summed E-state index contributed by atoms with van der Waals surface area (Å²) >= 11 is 0. The molecule has 0 radical (unpaired) electrons. The average Bonchev–Trinajstić information content (AvgIpc) is 2.56. The van der Waals surface area contributed by atoms with E-state index in [0.717, 1.165) is 0 Å². The van der Waals surface area contributed by atoms with E-state index in [0.29, 0.717) is 17.5 Å². The predicted octanol–water partition coefficient (Wildman–Crippen LogP) is 3.87. The van der Waals surface area contributed by atoms with Gasteiger partial charge in [-0.25, -0.2) is 9.59 Å². The van der Waals surface area contributed by atoms with Crippen molar-refractivity contribution in [3.8, 4) is 0 Å². The van der Waals surface area contributed by atoms with E-state index in [1.165, 1.54) is 0 Å². The summed E-state index contributed by atoms with van der Waals surface area (Å²) in [5, 5.41) is 0. The molecule has 0 saturated heterocycles. The highest BCUT2D eigenvalue weighted by Gasteiger charge is 2.18. The van der Waals surface area contributed by atoms with Crippen LogP contribution in [-0.4, -0.2) is 24.1 Å². The molecule has 0 fully saturated rings. The van der Waals surface area contributed by atoms with Crippen LogP contribution in [0.3, 0.4) is 0 Å². The van der Waals surface area contributed by atoms with Gasteiger partial charge in [-0.3, -0.25) is 0 Å². The molecule has 0 N–H and O–H groups in total. The smallest absolute Gasteiger partial charge is 0.338 e. The predicted molar refractivity (Wildman–Crippen MR) is 87.3 cm³/mol. The van der Waals surface area contributed by atoms with Gasteiger partial charge in [0.15, 0.2) is 0 Å². The quantitative estimate of drug-likeness (QED) is 0.760. The van der Waals surface area contributed by atoms with Crippen LogP contribution in [0.5, 0.6) is 0 Å². The Morgan fingerprint density at radius 3 is 1.43 bits per heavy atom. The van der Waals surface area contributed by atoms with Crippen LogP contribution in [0.1, 0.15) is 41.0 Å². The fourth-order valence-corrected chi connectivity index (χ4v) is 2.21. The lowest BCUT2D eigenvalue weighted by atomic mass is 10.2. The van der Waals surface area contributed by atoms with Crippen molar-refractivity contribution in [3.05, 3.63) is 71.8 Å². The van der Waals surface area contributed by atoms with E-state index in [-0.39, 0.29) is 24.1 Å². The van der Waals surface area contributed by atoms with Gasteiger partial charge in [-0.15, -0.1) is 0 Å². The molecule has 2 atom stereocenters. The largest absolute Gasteiger partial charge is 0.459 e. The van der Waals surface area contributed by atoms with Crippen molar-refractivity contribution in [2.24, 2.45) is 0 Å². The third kappa shape index (κ3) is 5.25. The molecule has 0 spiro atoms. The van der Waals surface area contributed by atoms with Gasteiger partial charge in [0.25, 0.3) is 0 Å². The molecular weight excluding hydrogens is 292 g/mol. The molecule has 0 bridgehead atoms. The molecule has 0 aromatic heterocycles. The molecule has 0 aliphatic rings. The number of carbonyl (C=O) groups excluding carboxylic acids is 2. The highest BCUT2D eigenvalue weighted by Crippen LogP contribution is 2.12. The van der Waals surface area contributed by atoms with E-state index in [4.69, 9.17) is 9.47 Å². The summed E-state index contributed by atoms with van der Waals surface area (Å²) in [6, 6.07) is 17.6. The Labute approximate surface area is 136 Å².